The number of amides is 1. The highest BCUT2D eigenvalue weighted by Crippen LogP contribution is 2.31. The molecule has 1 amide bonds. The van der Waals surface area contributed by atoms with E-state index in [9.17, 15) is 9.18 Å². The zero-order chi connectivity index (χ0) is 23.7. The normalized spacial score (nSPS) is 14.4. The highest BCUT2D eigenvalue weighted by molar-refractivity contribution is 6.32. The maximum Gasteiger partial charge on any atom is 0.274 e. The summed E-state index contributed by atoms with van der Waals surface area (Å²) in [6, 6.07) is 23.3. The second-order valence-corrected chi connectivity index (χ2v) is 9.25. The van der Waals surface area contributed by atoms with E-state index < -0.39 is 0 Å². The molecule has 1 fully saturated rings. The molecule has 0 spiro atoms. The van der Waals surface area contributed by atoms with Crippen LogP contribution in [0.4, 0.5) is 4.39 Å². The van der Waals surface area contributed by atoms with Crippen molar-refractivity contribution in [2.75, 3.05) is 13.1 Å². The Morgan fingerprint density at radius 1 is 0.912 bits per heavy atom. The van der Waals surface area contributed by atoms with Gasteiger partial charge in [-0.1, -0.05) is 59.6 Å². The minimum absolute atomic E-state index is 0.126. The summed E-state index contributed by atoms with van der Waals surface area (Å²) in [7, 11) is 0. The lowest BCUT2D eigenvalue weighted by Crippen LogP contribution is -2.38. The monoisotopic (exact) mass is 493 g/mol. The number of carbonyl (C=O) groups is 1. The average Bonchev–Trinajstić information content (AvgIpc) is 3.29. The Kier molecular flexibility index (Phi) is 6.40. The zero-order valence-corrected chi connectivity index (χ0v) is 19.8. The Morgan fingerprint density at radius 2 is 1.65 bits per heavy atom. The molecule has 0 saturated carbocycles. The zero-order valence-electron chi connectivity index (χ0n) is 18.3. The number of benzene rings is 3. The van der Waals surface area contributed by atoms with Crippen LogP contribution >= 0.6 is 23.2 Å². The topological polar surface area (TPSA) is 38.1 Å². The van der Waals surface area contributed by atoms with E-state index >= 15 is 0 Å². The number of hydrogen-bond donors (Lipinski definition) is 0. The minimum Gasteiger partial charge on any atom is -0.337 e. The molecule has 2 heterocycles. The van der Waals surface area contributed by atoms with Crippen molar-refractivity contribution in [3.8, 4) is 16.9 Å². The second-order valence-electron chi connectivity index (χ2n) is 8.41. The number of para-hydroxylation sites is 1. The van der Waals surface area contributed by atoms with Gasteiger partial charge in [0.2, 0.25) is 0 Å². The largest absolute Gasteiger partial charge is 0.337 e. The van der Waals surface area contributed by atoms with Gasteiger partial charge < -0.3 is 4.90 Å². The van der Waals surface area contributed by atoms with Crippen LogP contribution in [0.25, 0.3) is 16.9 Å². The third kappa shape index (κ3) is 4.59. The van der Waals surface area contributed by atoms with E-state index in [-0.39, 0.29) is 17.6 Å². The van der Waals surface area contributed by atoms with E-state index in [1.54, 1.807) is 41.1 Å². The molecular formula is C27H22Cl2FN3O. The summed E-state index contributed by atoms with van der Waals surface area (Å²) in [5, 5.41) is 5.83. The van der Waals surface area contributed by atoms with Crippen LogP contribution in [0.15, 0.2) is 78.9 Å². The number of aromatic nitrogens is 2. The number of nitrogens with zero attached hydrogens (tertiary/aromatic N) is 3. The molecule has 1 aliphatic rings. The molecule has 5 rings (SSSR count). The third-order valence-corrected chi connectivity index (χ3v) is 6.82. The molecule has 0 bridgehead atoms. The fourth-order valence-electron chi connectivity index (χ4n) is 4.46. The molecule has 0 aliphatic carbocycles. The first-order valence-electron chi connectivity index (χ1n) is 11.2. The van der Waals surface area contributed by atoms with Gasteiger partial charge in [0.05, 0.1) is 16.4 Å². The Balaban J connectivity index is 1.42. The van der Waals surface area contributed by atoms with Crippen molar-refractivity contribution in [1.29, 1.82) is 0 Å². The summed E-state index contributed by atoms with van der Waals surface area (Å²) in [4.78, 5) is 15.2. The molecule has 34 heavy (non-hydrogen) atoms. The Bertz CT molecular complexity index is 1330. The van der Waals surface area contributed by atoms with Gasteiger partial charge in [0, 0.05) is 23.7 Å². The lowest BCUT2D eigenvalue weighted by molar-refractivity contribution is 0.0706. The molecule has 4 aromatic rings. The van der Waals surface area contributed by atoms with Gasteiger partial charge in [-0.3, -0.25) is 4.79 Å². The molecule has 172 valence electrons. The Morgan fingerprint density at radius 3 is 2.35 bits per heavy atom. The highest BCUT2D eigenvalue weighted by Gasteiger charge is 2.27. The minimum atomic E-state index is -0.226. The third-order valence-electron chi connectivity index (χ3n) is 6.25. The van der Waals surface area contributed by atoms with Gasteiger partial charge in [0.1, 0.15) is 5.82 Å². The van der Waals surface area contributed by atoms with Crippen molar-refractivity contribution in [1.82, 2.24) is 14.7 Å². The van der Waals surface area contributed by atoms with Gasteiger partial charge in [-0.25, -0.2) is 9.07 Å². The summed E-state index contributed by atoms with van der Waals surface area (Å²) in [6.07, 6.45) is 1.56. The Labute approximate surface area is 207 Å². The maximum atomic E-state index is 13.6. The van der Waals surface area contributed by atoms with Crippen molar-refractivity contribution in [2.45, 2.75) is 18.8 Å². The molecular weight excluding hydrogens is 472 g/mol. The highest BCUT2D eigenvalue weighted by atomic mass is 35.5. The van der Waals surface area contributed by atoms with Crippen LogP contribution in [0.5, 0.6) is 0 Å². The standard InChI is InChI=1S/C27H22Cl2FN3O/c28-21-10-8-19(9-11-21)26-17-24(31-33(26)25-7-2-1-6-23(25)29)27(34)32-14-12-18(13-15-32)20-4-3-5-22(30)16-20/h1-11,16-18H,12-15H2. The van der Waals surface area contributed by atoms with Crippen LogP contribution in [0.3, 0.4) is 0 Å². The number of rotatable bonds is 4. The quantitative estimate of drug-likeness (QED) is 0.306. The van der Waals surface area contributed by atoms with Gasteiger partial charge in [-0.15, -0.1) is 0 Å². The summed E-state index contributed by atoms with van der Waals surface area (Å²) < 4.78 is 15.3. The van der Waals surface area contributed by atoms with E-state index in [1.165, 1.54) is 6.07 Å². The number of likely N-dealkylation sites (tertiary alicyclic amines) is 1. The fourth-order valence-corrected chi connectivity index (χ4v) is 4.80. The van der Waals surface area contributed by atoms with Crippen molar-refractivity contribution in [3.05, 3.63) is 106 Å². The molecule has 3 aromatic carbocycles. The van der Waals surface area contributed by atoms with Crippen molar-refractivity contribution < 1.29 is 9.18 Å². The second kappa shape index (κ2) is 9.61. The molecule has 4 nitrogen and oxygen atoms in total. The smallest absolute Gasteiger partial charge is 0.274 e. The summed E-state index contributed by atoms with van der Waals surface area (Å²) in [6.45, 7) is 1.19. The van der Waals surface area contributed by atoms with E-state index in [1.807, 2.05) is 41.3 Å². The van der Waals surface area contributed by atoms with Gasteiger partial charge in [0.15, 0.2) is 5.69 Å². The molecule has 7 heteroatoms. The van der Waals surface area contributed by atoms with E-state index in [2.05, 4.69) is 5.10 Å². The van der Waals surface area contributed by atoms with E-state index in [4.69, 9.17) is 23.2 Å². The molecule has 1 aliphatic heterocycles. The van der Waals surface area contributed by atoms with Crippen LogP contribution < -0.4 is 0 Å². The summed E-state index contributed by atoms with van der Waals surface area (Å²) in [5.74, 6) is -0.111. The first-order chi connectivity index (χ1) is 16.5. The molecule has 1 aromatic heterocycles. The predicted octanol–water partition coefficient (Wildman–Crippen LogP) is 7.01. The van der Waals surface area contributed by atoms with Crippen LogP contribution in [-0.2, 0) is 0 Å². The fraction of sp³-hybridized carbons (Fsp3) is 0.185. The number of carbonyl (C=O) groups excluding carboxylic acids is 1. The van der Waals surface area contributed by atoms with Crippen molar-refractivity contribution in [2.24, 2.45) is 0 Å². The maximum absolute atomic E-state index is 13.6. The molecule has 1 saturated heterocycles. The SMILES string of the molecule is O=C(c1cc(-c2ccc(Cl)cc2)n(-c2ccccc2Cl)n1)N1CCC(c2cccc(F)c2)CC1. The Hall–Kier alpha value is -3.15. The van der Waals surface area contributed by atoms with E-state index in [0.717, 1.165) is 29.7 Å². The average molecular weight is 494 g/mol. The van der Waals surface area contributed by atoms with Gasteiger partial charge in [-0.05, 0) is 66.8 Å². The molecule has 0 atom stereocenters. The lowest BCUT2D eigenvalue weighted by atomic mass is 9.89. The number of halogens is 3. The van der Waals surface area contributed by atoms with Crippen LogP contribution in [0.2, 0.25) is 10.0 Å². The first-order valence-corrected chi connectivity index (χ1v) is 11.9. The summed E-state index contributed by atoms with van der Waals surface area (Å²) >= 11 is 12.5. The van der Waals surface area contributed by atoms with E-state index in [0.29, 0.717) is 34.5 Å². The van der Waals surface area contributed by atoms with Crippen LogP contribution in [-0.4, -0.2) is 33.7 Å². The lowest BCUT2D eigenvalue weighted by Gasteiger charge is -2.31. The molecule has 0 N–H and O–H groups in total. The molecule has 0 unspecified atom stereocenters. The van der Waals surface area contributed by atoms with Crippen molar-refractivity contribution >= 4 is 29.1 Å². The first kappa shape index (κ1) is 22.6. The van der Waals surface area contributed by atoms with Gasteiger partial charge in [0.25, 0.3) is 5.91 Å². The van der Waals surface area contributed by atoms with Gasteiger partial charge >= 0.3 is 0 Å². The molecule has 0 radical (unpaired) electrons. The van der Waals surface area contributed by atoms with Crippen molar-refractivity contribution in [3.63, 3.8) is 0 Å². The van der Waals surface area contributed by atoms with Crippen LogP contribution in [0.1, 0.15) is 34.8 Å². The predicted molar refractivity (Wildman–Crippen MR) is 133 cm³/mol. The van der Waals surface area contributed by atoms with Gasteiger partial charge in [-0.2, -0.15) is 5.10 Å². The number of hydrogen-bond acceptors (Lipinski definition) is 2. The number of piperidine rings is 1. The summed E-state index contributed by atoms with van der Waals surface area (Å²) in [5.41, 5.74) is 3.66. The van der Waals surface area contributed by atoms with Crippen LogP contribution in [0, 0.1) is 5.82 Å².